The average molecular weight is 292 g/mol. The molecule has 0 radical (unpaired) electrons. The largest absolute Gasteiger partial charge is 0.378 e. The number of carbonyl (C=O) groups is 1. The maximum Gasteiger partial charge on any atom is 0.140 e. The molecule has 110 valence electrons. The Hall–Kier alpha value is -0.800. The van der Waals surface area contributed by atoms with Gasteiger partial charge < -0.3 is 4.74 Å². The third-order valence-corrected chi connectivity index (χ3v) is 4.67. The van der Waals surface area contributed by atoms with Crippen molar-refractivity contribution < 1.29 is 9.53 Å². The number of Topliss-reactive ketones (excluding diaryl/α,β-unsaturated/α-hetero) is 1. The topological polar surface area (TPSA) is 26.3 Å². The van der Waals surface area contributed by atoms with E-state index in [9.17, 15) is 4.79 Å². The third kappa shape index (κ3) is 4.10. The van der Waals surface area contributed by atoms with E-state index in [-0.39, 0.29) is 12.0 Å². The molecule has 1 heterocycles. The number of carbonyl (C=O) groups excluding carboxylic acids is 1. The van der Waals surface area contributed by atoms with Crippen LogP contribution in [-0.2, 0) is 9.53 Å². The van der Waals surface area contributed by atoms with Gasteiger partial charge in [0.2, 0.25) is 0 Å². The van der Waals surface area contributed by atoms with Gasteiger partial charge in [-0.3, -0.25) is 4.79 Å². The van der Waals surface area contributed by atoms with Gasteiger partial charge in [-0.1, -0.05) is 19.1 Å². The van der Waals surface area contributed by atoms with E-state index in [0.717, 1.165) is 37.9 Å². The number of thioether (sulfide) groups is 1. The minimum Gasteiger partial charge on any atom is -0.378 e. The predicted octanol–water partition coefficient (Wildman–Crippen LogP) is 4.43. The minimum atomic E-state index is 0.00829. The Morgan fingerprint density at radius 1 is 1.40 bits per heavy atom. The summed E-state index contributed by atoms with van der Waals surface area (Å²) in [5.41, 5.74) is 1.15. The van der Waals surface area contributed by atoms with E-state index in [1.165, 1.54) is 4.90 Å². The lowest BCUT2D eigenvalue weighted by molar-refractivity contribution is -0.121. The first kappa shape index (κ1) is 15.6. The molecule has 1 aliphatic heterocycles. The molecule has 2 unspecified atom stereocenters. The van der Waals surface area contributed by atoms with Gasteiger partial charge >= 0.3 is 0 Å². The standard InChI is InChI=1S/C17H24O2S/c1-3-5-17(18)16(12-14-6-4-11-19-14)13-7-9-15(20-2)10-8-13/h7-10,14,16H,3-6,11-12H2,1-2H3. The van der Waals surface area contributed by atoms with E-state index in [2.05, 4.69) is 37.4 Å². The summed E-state index contributed by atoms with van der Waals surface area (Å²) in [7, 11) is 0. The van der Waals surface area contributed by atoms with Gasteiger partial charge in [0, 0.05) is 23.8 Å². The molecule has 0 aromatic heterocycles. The molecule has 0 bridgehead atoms. The molecular formula is C17H24O2S. The van der Waals surface area contributed by atoms with Crippen LogP contribution < -0.4 is 0 Å². The van der Waals surface area contributed by atoms with Crippen LogP contribution in [0, 0.1) is 0 Å². The molecule has 0 aliphatic carbocycles. The van der Waals surface area contributed by atoms with Crippen molar-refractivity contribution in [2.75, 3.05) is 12.9 Å². The highest BCUT2D eigenvalue weighted by atomic mass is 32.2. The molecule has 2 rings (SSSR count). The molecule has 1 aliphatic rings. The van der Waals surface area contributed by atoms with Gasteiger partial charge in [0.15, 0.2) is 0 Å². The molecule has 20 heavy (non-hydrogen) atoms. The highest BCUT2D eigenvalue weighted by Crippen LogP contribution is 2.30. The Bertz CT molecular complexity index is 421. The monoisotopic (exact) mass is 292 g/mol. The van der Waals surface area contributed by atoms with Crippen molar-refractivity contribution in [2.45, 2.75) is 55.9 Å². The van der Waals surface area contributed by atoms with Gasteiger partial charge in [0.1, 0.15) is 5.78 Å². The zero-order valence-corrected chi connectivity index (χ0v) is 13.2. The molecule has 1 saturated heterocycles. The van der Waals surface area contributed by atoms with Gasteiger partial charge in [-0.25, -0.2) is 0 Å². The Morgan fingerprint density at radius 2 is 2.15 bits per heavy atom. The van der Waals surface area contributed by atoms with Crippen molar-refractivity contribution in [2.24, 2.45) is 0 Å². The predicted molar refractivity (Wildman–Crippen MR) is 84.5 cm³/mol. The Kier molecular flexibility index (Phi) is 6.11. The van der Waals surface area contributed by atoms with Crippen LogP contribution in [0.4, 0.5) is 0 Å². The number of benzene rings is 1. The summed E-state index contributed by atoms with van der Waals surface area (Å²) >= 11 is 1.73. The fourth-order valence-electron chi connectivity index (χ4n) is 2.80. The summed E-state index contributed by atoms with van der Waals surface area (Å²) in [5, 5.41) is 0. The summed E-state index contributed by atoms with van der Waals surface area (Å²) in [6.45, 7) is 2.92. The molecule has 0 saturated carbocycles. The fourth-order valence-corrected chi connectivity index (χ4v) is 3.21. The second-order valence-corrected chi connectivity index (χ2v) is 6.29. The van der Waals surface area contributed by atoms with Crippen LogP contribution in [0.25, 0.3) is 0 Å². The van der Waals surface area contributed by atoms with Crippen molar-refractivity contribution in [3.63, 3.8) is 0 Å². The normalized spacial score (nSPS) is 20.0. The van der Waals surface area contributed by atoms with Crippen LogP contribution in [0.15, 0.2) is 29.2 Å². The van der Waals surface area contributed by atoms with Crippen LogP contribution in [0.5, 0.6) is 0 Å². The van der Waals surface area contributed by atoms with Gasteiger partial charge in [0.05, 0.1) is 6.10 Å². The Balaban J connectivity index is 2.12. The number of hydrogen-bond donors (Lipinski definition) is 0. The first-order valence-electron chi connectivity index (χ1n) is 7.52. The summed E-state index contributed by atoms with van der Waals surface area (Å²) in [6, 6.07) is 8.45. The van der Waals surface area contributed by atoms with Crippen LogP contribution in [0.3, 0.4) is 0 Å². The average Bonchev–Trinajstić information content (AvgIpc) is 2.98. The van der Waals surface area contributed by atoms with Crippen molar-refractivity contribution in [3.8, 4) is 0 Å². The lowest BCUT2D eigenvalue weighted by Crippen LogP contribution is -2.19. The molecule has 1 aromatic carbocycles. The molecule has 1 aromatic rings. The van der Waals surface area contributed by atoms with E-state index in [1.54, 1.807) is 11.8 Å². The first-order valence-corrected chi connectivity index (χ1v) is 8.75. The van der Waals surface area contributed by atoms with Gasteiger partial charge in [0.25, 0.3) is 0 Å². The van der Waals surface area contributed by atoms with Gasteiger partial charge in [-0.05, 0) is 49.6 Å². The zero-order valence-electron chi connectivity index (χ0n) is 12.4. The van der Waals surface area contributed by atoms with Gasteiger partial charge in [-0.15, -0.1) is 11.8 Å². The number of ether oxygens (including phenoxy) is 1. The minimum absolute atomic E-state index is 0.00829. The maximum absolute atomic E-state index is 12.4. The van der Waals surface area contributed by atoms with E-state index >= 15 is 0 Å². The summed E-state index contributed by atoms with van der Waals surface area (Å²) in [6.07, 6.45) is 6.99. The Morgan fingerprint density at radius 3 is 2.70 bits per heavy atom. The lowest BCUT2D eigenvalue weighted by atomic mass is 9.87. The van der Waals surface area contributed by atoms with Crippen LogP contribution >= 0.6 is 11.8 Å². The third-order valence-electron chi connectivity index (χ3n) is 3.93. The smallest absolute Gasteiger partial charge is 0.140 e. The van der Waals surface area contributed by atoms with Crippen molar-refractivity contribution in [3.05, 3.63) is 29.8 Å². The zero-order chi connectivity index (χ0) is 14.4. The highest BCUT2D eigenvalue weighted by Gasteiger charge is 2.26. The summed E-state index contributed by atoms with van der Waals surface area (Å²) < 4.78 is 5.72. The molecular weight excluding hydrogens is 268 g/mol. The second-order valence-electron chi connectivity index (χ2n) is 5.41. The first-order chi connectivity index (χ1) is 9.74. The summed E-state index contributed by atoms with van der Waals surface area (Å²) in [5.74, 6) is 0.369. The molecule has 0 N–H and O–H groups in total. The van der Waals surface area contributed by atoms with E-state index in [0.29, 0.717) is 12.2 Å². The highest BCUT2D eigenvalue weighted by molar-refractivity contribution is 7.98. The van der Waals surface area contributed by atoms with Crippen molar-refractivity contribution >= 4 is 17.5 Å². The van der Waals surface area contributed by atoms with Crippen LogP contribution in [0.2, 0.25) is 0 Å². The van der Waals surface area contributed by atoms with Crippen molar-refractivity contribution in [1.29, 1.82) is 0 Å². The van der Waals surface area contributed by atoms with Crippen LogP contribution in [0.1, 0.15) is 50.5 Å². The van der Waals surface area contributed by atoms with E-state index < -0.39 is 0 Å². The second kappa shape index (κ2) is 7.84. The maximum atomic E-state index is 12.4. The number of hydrogen-bond acceptors (Lipinski definition) is 3. The molecule has 0 amide bonds. The molecule has 0 spiro atoms. The molecule has 1 fully saturated rings. The summed E-state index contributed by atoms with van der Waals surface area (Å²) in [4.78, 5) is 13.7. The van der Waals surface area contributed by atoms with E-state index in [1.807, 2.05) is 0 Å². The van der Waals surface area contributed by atoms with Crippen LogP contribution in [-0.4, -0.2) is 24.7 Å². The molecule has 2 nitrogen and oxygen atoms in total. The van der Waals surface area contributed by atoms with Crippen molar-refractivity contribution in [1.82, 2.24) is 0 Å². The molecule has 2 atom stereocenters. The number of ketones is 1. The SMILES string of the molecule is CCCC(=O)C(CC1CCCO1)c1ccc(SC)cc1. The van der Waals surface area contributed by atoms with Gasteiger partial charge in [-0.2, -0.15) is 0 Å². The fraction of sp³-hybridized carbons (Fsp3) is 0.588. The lowest BCUT2D eigenvalue weighted by Gasteiger charge is -2.20. The Labute approximate surface area is 126 Å². The quantitative estimate of drug-likeness (QED) is 0.695. The molecule has 3 heteroatoms. The number of rotatable bonds is 7. The van der Waals surface area contributed by atoms with E-state index in [4.69, 9.17) is 4.74 Å².